The van der Waals surface area contributed by atoms with Gasteiger partial charge in [-0.1, -0.05) is 68.0 Å². The Morgan fingerprint density at radius 2 is 1.32 bits per heavy atom. The minimum Gasteiger partial charge on any atom is -0.305 e. The van der Waals surface area contributed by atoms with Crippen LogP contribution in [0, 0.1) is 0 Å². The van der Waals surface area contributed by atoms with Crippen molar-refractivity contribution in [3.05, 3.63) is 76.4 Å². The fraction of sp³-hybridized carbons (Fsp3) is 0.333. The summed E-state index contributed by atoms with van der Waals surface area (Å²) in [5.74, 6) is 0. The molecular formula is C21H25N. The van der Waals surface area contributed by atoms with E-state index < -0.39 is 0 Å². The molecule has 0 saturated carbocycles. The molecule has 0 radical (unpaired) electrons. The summed E-state index contributed by atoms with van der Waals surface area (Å²) in [4.78, 5) is 2.24. The molecular weight excluding hydrogens is 266 g/mol. The zero-order valence-electron chi connectivity index (χ0n) is 14.3. The molecule has 0 atom stereocenters. The van der Waals surface area contributed by atoms with Crippen molar-refractivity contribution in [2.24, 2.45) is 0 Å². The van der Waals surface area contributed by atoms with Crippen LogP contribution in [0.15, 0.2) is 54.1 Å². The van der Waals surface area contributed by atoms with Crippen molar-refractivity contribution in [3.63, 3.8) is 0 Å². The molecule has 114 valence electrons. The molecule has 0 fully saturated rings. The third kappa shape index (κ3) is 2.30. The monoisotopic (exact) mass is 291 g/mol. The first-order valence-corrected chi connectivity index (χ1v) is 7.97. The Bertz CT molecular complexity index is 684. The Morgan fingerprint density at radius 1 is 0.864 bits per heavy atom. The molecule has 2 aromatic rings. The van der Waals surface area contributed by atoms with Crippen LogP contribution in [-0.2, 0) is 5.41 Å². The fourth-order valence-electron chi connectivity index (χ4n) is 3.80. The summed E-state index contributed by atoms with van der Waals surface area (Å²) in [7, 11) is 4.27. The molecule has 0 saturated heterocycles. The van der Waals surface area contributed by atoms with Crippen molar-refractivity contribution in [2.75, 3.05) is 20.6 Å². The van der Waals surface area contributed by atoms with Gasteiger partial charge in [0.15, 0.2) is 0 Å². The first-order valence-electron chi connectivity index (χ1n) is 7.97. The van der Waals surface area contributed by atoms with E-state index in [1.54, 1.807) is 0 Å². The predicted octanol–water partition coefficient (Wildman–Crippen LogP) is 4.71. The standard InChI is InChI=1S/C21H25N/c1-15(14-22(4)5)20-16-10-6-8-12-18(16)21(2,3)19-13-9-7-11-17(19)20/h6-13H,14H2,1-5H3. The van der Waals surface area contributed by atoms with E-state index in [9.17, 15) is 0 Å². The number of benzene rings is 2. The van der Waals surface area contributed by atoms with Crippen molar-refractivity contribution in [3.8, 4) is 0 Å². The van der Waals surface area contributed by atoms with Gasteiger partial charge in [0.25, 0.3) is 0 Å². The lowest BCUT2D eigenvalue weighted by molar-refractivity contribution is 0.445. The number of rotatable bonds is 2. The Morgan fingerprint density at radius 3 is 1.77 bits per heavy atom. The van der Waals surface area contributed by atoms with Crippen LogP contribution < -0.4 is 0 Å². The highest BCUT2D eigenvalue weighted by Gasteiger charge is 2.34. The van der Waals surface area contributed by atoms with Gasteiger partial charge in [-0.3, -0.25) is 0 Å². The molecule has 3 rings (SSSR count). The highest BCUT2D eigenvalue weighted by molar-refractivity contribution is 5.89. The maximum atomic E-state index is 2.34. The molecule has 0 unspecified atom stereocenters. The largest absolute Gasteiger partial charge is 0.305 e. The molecule has 0 N–H and O–H groups in total. The predicted molar refractivity (Wildman–Crippen MR) is 95.3 cm³/mol. The van der Waals surface area contributed by atoms with E-state index in [1.807, 2.05) is 0 Å². The molecule has 1 nitrogen and oxygen atoms in total. The lowest BCUT2D eigenvalue weighted by atomic mass is 9.66. The summed E-state index contributed by atoms with van der Waals surface area (Å²) in [6.45, 7) is 7.92. The molecule has 0 amide bonds. The third-order valence-corrected chi connectivity index (χ3v) is 4.72. The van der Waals surface area contributed by atoms with Crippen LogP contribution in [0.5, 0.6) is 0 Å². The summed E-state index contributed by atoms with van der Waals surface area (Å²) < 4.78 is 0. The van der Waals surface area contributed by atoms with Crippen LogP contribution in [0.4, 0.5) is 0 Å². The second-order valence-electron chi connectivity index (χ2n) is 7.11. The smallest absolute Gasteiger partial charge is 0.0193 e. The van der Waals surface area contributed by atoms with Gasteiger partial charge in [0.1, 0.15) is 0 Å². The van der Waals surface area contributed by atoms with Crippen LogP contribution >= 0.6 is 0 Å². The van der Waals surface area contributed by atoms with Gasteiger partial charge < -0.3 is 4.90 Å². The second-order valence-corrected chi connectivity index (χ2v) is 7.11. The van der Waals surface area contributed by atoms with Crippen LogP contribution in [0.3, 0.4) is 0 Å². The zero-order valence-corrected chi connectivity index (χ0v) is 14.3. The molecule has 1 heteroatoms. The van der Waals surface area contributed by atoms with Crippen LogP contribution in [0.1, 0.15) is 43.0 Å². The first kappa shape index (κ1) is 15.1. The maximum absolute atomic E-state index is 2.34. The number of likely N-dealkylation sites (N-methyl/N-ethyl adjacent to an activating group) is 1. The third-order valence-electron chi connectivity index (χ3n) is 4.72. The van der Waals surface area contributed by atoms with Crippen molar-refractivity contribution >= 4 is 5.57 Å². The maximum Gasteiger partial charge on any atom is 0.0193 e. The number of nitrogens with zero attached hydrogens (tertiary/aromatic N) is 1. The normalized spacial score (nSPS) is 15.5. The Hall–Kier alpha value is -1.86. The molecule has 1 aliphatic rings. The van der Waals surface area contributed by atoms with Gasteiger partial charge in [-0.2, -0.15) is 0 Å². The zero-order chi connectivity index (χ0) is 15.9. The lowest BCUT2D eigenvalue weighted by Crippen LogP contribution is -2.27. The molecule has 22 heavy (non-hydrogen) atoms. The average Bonchev–Trinajstić information content (AvgIpc) is 2.47. The van der Waals surface area contributed by atoms with Gasteiger partial charge in [0.05, 0.1) is 0 Å². The van der Waals surface area contributed by atoms with Crippen LogP contribution in [0.2, 0.25) is 0 Å². The summed E-state index contributed by atoms with van der Waals surface area (Å²) in [6.07, 6.45) is 0. The molecule has 0 spiro atoms. The van der Waals surface area contributed by atoms with Gasteiger partial charge in [-0.15, -0.1) is 0 Å². The number of hydrogen-bond acceptors (Lipinski definition) is 1. The summed E-state index contributed by atoms with van der Waals surface area (Å²) >= 11 is 0. The minimum atomic E-state index is 0.0507. The van der Waals surface area contributed by atoms with Crippen molar-refractivity contribution in [2.45, 2.75) is 26.2 Å². The number of fused-ring (bicyclic) bond motifs is 2. The van der Waals surface area contributed by atoms with Gasteiger partial charge in [0, 0.05) is 12.0 Å². The molecule has 0 aliphatic heterocycles. The average molecular weight is 291 g/mol. The minimum absolute atomic E-state index is 0.0507. The Balaban J connectivity index is 2.34. The van der Waals surface area contributed by atoms with E-state index in [-0.39, 0.29) is 5.41 Å². The summed E-state index contributed by atoms with van der Waals surface area (Å²) in [5, 5.41) is 0. The van der Waals surface area contributed by atoms with E-state index in [1.165, 1.54) is 33.4 Å². The van der Waals surface area contributed by atoms with Gasteiger partial charge in [-0.05, 0) is 48.8 Å². The van der Waals surface area contributed by atoms with Gasteiger partial charge in [-0.25, -0.2) is 0 Å². The van der Waals surface area contributed by atoms with Crippen LogP contribution in [0.25, 0.3) is 5.57 Å². The second kappa shape index (κ2) is 5.40. The molecule has 1 aliphatic carbocycles. The van der Waals surface area contributed by atoms with Crippen molar-refractivity contribution in [1.82, 2.24) is 4.90 Å². The molecule has 0 aromatic heterocycles. The first-order chi connectivity index (χ1) is 10.4. The van der Waals surface area contributed by atoms with Crippen LogP contribution in [-0.4, -0.2) is 25.5 Å². The summed E-state index contributed by atoms with van der Waals surface area (Å²) in [5.41, 5.74) is 8.55. The summed E-state index contributed by atoms with van der Waals surface area (Å²) in [6, 6.07) is 17.8. The van der Waals surface area contributed by atoms with E-state index in [2.05, 4.69) is 88.3 Å². The van der Waals surface area contributed by atoms with Crippen molar-refractivity contribution < 1.29 is 0 Å². The fourth-order valence-corrected chi connectivity index (χ4v) is 3.80. The topological polar surface area (TPSA) is 3.24 Å². The quantitative estimate of drug-likeness (QED) is 0.774. The van der Waals surface area contributed by atoms with E-state index in [4.69, 9.17) is 0 Å². The lowest BCUT2D eigenvalue weighted by Gasteiger charge is -2.37. The highest BCUT2D eigenvalue weighted by atomic mass is 15.0. The molecule has 0 bridgehead atoms. The molecule has 2 aromatic carbocycles. The van der Waals surface area contributed by atoms with Crippen molar-refractivity contribution in [1.29, 1.82) is 0 Å². The van der Waals surface area contributed by atoms with Gasteiger partial charge >= 0.3 is 0 Å². The SMILES string of the molecule is CC(CN(C)C)=C1c2ccccc2C(C)(C)c2ccccc21. The van der Waals surface area contributed by atoms with Gasteiger partial charge in [0.2, 0.25) is 0 Å². The van der Waals surface area contributed by atoms with E-state index in [0.29, 0.717) is 0 Å². The van der Waals surface area contributed by atoms with E-state index in [0.717, 1.165) is 6.54 Å². The molecule has 0 heterocycles. The van der Waals surface area contributed by atoms with E-state index >= 15 is 0 Å². The Labute approximate surface area is 134 Å². The highest BCUT2D eigenvalue weighted by Crippen LogP contribution is 2.47. The Kier molecular flexibility index (Phi) is 3.70. The number of hydrogen-bond donors (Lipinski definition) is 0.